The standard InChI is InChI=1S/C39H52N8O5/c1-38(2,3)32-23-33(42-35(41-32)30(48)13-9-10-18-46-19-21-51-22-20-46)43-37(49)40-29-15-16-31(28-12-8-7-11-27(28)29)52-26-14-17-34-44-45-36(47(34)24-26)39(4,5)25-50-6/h7-8,11-12,14,17,23-24,29,31H,9-10,13,15-16,18-22,25H2,1-6H3,(H2,40,41,42,43,49)/t29-,31+/m0/s1. The summed E-state index contributed by atoms with van der Waals surface area (Å²) in [5, 5.41) is 14.8. The molecule has 2 N–H and O–H groups in total. The Hall–Kier alpha value is -4.46. The number of hydrogen-bond donors (Lipinski definition) is 2. The molecule has 1 aliphatic carbocycles. The van der Waals surface area contributed by atoms with E-state index in [0.717, 1.165) is 68.3 Å². The molecule has 0 radical (unpaired) electrons. The van der Waals surface area contributed by atoms with Gasteiger partial charge in [-0.25, -0.2) is 14.8 Å². The van der Waals surface area contributed by atoms with Crippen LogP contribution in [0.3, 0.4) is 0 Å². The maximum absolute atomic E-state index is 13.5. The van der Waals surface area contributed by atoms with Crippen molar-refractivity contribution in [3.05, 3.63) is 77.1 Å². The lowest BCUT2D eigenvalue weighted by atomic mass is 9.85. The van der Waals surface area contributed by atoms with Crippen molar-refractivity contribution in [1.82, 2.24) is 34.8 Å². The third-order valence-corrected chi connectivity index (χ3v) is 9.72. The fraction of sp³-hybridized carbons (Fsp3) is 0.538. The Balaban J connectivity index is 1.12. The number of urea groups is 1. The van der Waals surface area contributed by atoms with Gasteiger partial charge in [0.1, 0.15) is 23.5 Å². The third-order valence-electron chi connectivity index (χ3n) is 9.72. The number of nitrogens with zero attached hydrogens (tertiary/aromatic N) is 6. The summed E-state index contributed by atoms with van der Waals surface area (Å²) in [6.45, 7) is 15.0. The highest BCUT2D eigenvalue weighted by molar-refractivity contribution is 5.94. The first-order valence-electron chi connectivity index (χ1n) is 18.3. The fourth-order valence-electron chi connectivity index (χ4n) is 6.90. The minimum atomic E-state index is -0.397. The Morgan fingerprint density at radius 1 is 0.962 bits per heavy atom. The number of anilines is 1. The van der Waals surface area contributed by atoms with Gasteiger partial charge in [-0.2, -0.15) is 0 Å². The molecule has 2 amide bonds. The molecule has 2 aliphatic rings. The van der Waals surface area contributed by atoms with Gasteiger partial charge in [0.15, 0.2) is 17.3 Å². The lowest BCUT2D eigenvalue weighted by Gasteiger charge is -2.32. The predicted molar refractivity (Wildman–Crippen MR) is 198 cm³/mol. The summed E-state index contributed by atoms with van der Waals surface area (Å²) in [5.74, 6) is 1.81. The molecule has 1 fully saturated rings. The molecule has 1 saturated heterocycles. The average Bonchev–Trinajstić information content (AvgIpc) is 3.55. The lowest BCUT2D eigenvalue weighted by Crippen LogP contribution is -2.36. The number of hydrogen-bond acceptors (Lipinski definition) is 10. The van der Waals surface area contributed by atoms with Crippen LogP contribution in [0.4, 0.5) is 10.6 Å². The highest BCUT2D eigenvalue weighted by Gasteiger charge is 2.31. The maximum atomic E-state index is 13.5. The van der Waals surface area contributed by atoms with E-state index in [1.807, 2.05) is 61.7 Å². The number of carbonyl (C=O) groups is 2. The summed E-state index contributed by atoms with van der Waals surface area (Å²) in [5.41, 5.74) is 2.74. The van der Waals surface area contributed by atoms with Crippen LogP contribution in [0.5, 0.6) is 5.75 Å². The van der Waals surface area contributed by atoms with Crippen LogP contribution in [0.25, 0.3) is 5.65 Å². The van der Waals surface area contributed by atoms with Crippen molar-refractivity contribution in [1.29, 1.82) is 0 Å². The summed E-state index contributed by atoms with van der Waals surface area (Å²) in [6, 6.07) is 13.0. The molecular formula is C39H52N8O5. The number of carbonyl (C=O) groups excluding carboxylic acids is 2. The topological polar surface area (TPSA) is 145 Å². The van der Waals surface area contributed by atoms with Gasteiger partial charge < -0.3 is 19.5 Å². The molecule has 3 aromatic heterocycles. The molecule has 4 heterocycles. The summed E-state index contributed by atoms with van der Waals surface area (Å²) in [6.07, 6.45) is 5.10. The van der Waals surface area contributed by atoms with E-state index in [1.165, 1.54) is 0 Å². The third kappa shape index (κ3) is 8.94. The zero-order valence-corrected chi connectivity index (χ0v) is 31.3. The molecule has 52 heavy (non-hydrogen) atoms. The number of amides is 2. The number of unbranched alkanes of at least 4 members (excludes halogenated alkanes) is 1. The SMILES string of the molecule is COCC(C)(C)c1nnc2ccc(O[C@@H]3CC[C@H](NC(=O)Nc4cc(C(C)(C)C)nc(C(=O)CCCCN5CCOCC5)n4)c4ccccc43)cn12. The lowest BCUT2D eigenvalue weighted by molar-refractivity contribution is 0.0371. The molecular weight excluding hydrogens is 660 g/mol. The van der Waals surface area contributed by atoms with Crippen LogP contribution in [0.1, 0.15) is 112 Å². The number of Topliss-reactive ketones (excluding diaryl/α,β-unsaturated/α-hetero) is 1. The molecule has 4 aromatic rings. The van der Waals surface area contributed by atoms with E-state index in [2.05, 4.69) is 55.6 Å². The Kier molecular flexibility index (Phi) is 11.5. The van der Waals surface area contributed by atoms with E-state index in [-0.39, 0.29) is 34.6 Å². The van der Waals surface area contributed by atoms with Crippen molar-refractivity contribution >= 4 is 23.3 Å². The van der Waals surface area contributed by atoms with Gasteiger partial charge in [0.25, 0.3) is 0 Å². The van der Waals surface area contributed by atoms with E-state index in [4.69, 9.17) is 14.2 Å². The number of ketones is 1. The molecule has 0 saturated carbocycles. The molecule has 6 rings (SSSR count). The number of nitrogens with one attached hydrogen (secondary N) is 2. The van der Waals surface area contributed by atoms with Gasteiger partial charge in [-0.15, -0.1) is 10.2 Å². The summed E-state index contributed by atoms with van der Waals surface area (Å²) < 4.78 is 19.4. The molecule has 13 nitrogen and oxygen atoms in total. The molecule has 13 heteroatoms. The second kappa shape index (κ2) is 16.1. The second-order valence-corrected chi connectivity index (χ2v) is 15.4. The smallest absolute Gasteiger partial charge is 0.320 e. The van der Waals surface area contributed by atoms with Gasteiger partial charge in [0.2, 0.25) is 0 Å². The van der Waals surface area contributed by atoms with Gasteiger partial charge in [-0.05, 0) is 55.5 Å². The molecule has 0 bridgehead atoms. The normalized spacial score (nSPS) is 18.2. The quantitative estimate of drug-likeness (QED) is 0.121. The molecule has 278 valence electrons. The number of ether oxygens (including phenoxy) is 3. The van der Waals surface area contributed by atoms with Gasteiger partial charge in [0, 0.05) is 43.5 Å². The number of pyridine rings is 1. The first-order chi connectivity index (χ1) is 24.9. The minimum absolute atomic E-state index is 0.123. The van der Waals surface area contributed by atoms with E-state index in [1.54, 1.807) is 13.2 Å². The molecule has 0 spiro atoms. The number of rotatable bonds is 13. The molecule has 2 atom stereocenters. The van der Waals surface area contributed by atoms with Crippen LogP contribution in [0.2, 0.25) is 0 Å². The second-order valence-electron chi connectivity index (χ2n) is 15.4. The van der Waals surface area contributed by atoms with Crippen LogP contribution in [-0.2, 0) is 20.3 Å². The van der Waals surface area contributed by atoms with Crippen molar-refractivity contribution in [3.63, 3.8) is 0 Å². The number of aromatic nitrogens is 5. The van der Waals surface area contributed by atoms with Crippen LogP contribution < -0.4 is 15.4 Å². The largest absolute Gasteiger partial charge is 0.484 e. The summed E-state index contributed by atoms with van der Waals surface area (Å²) >= 11 is 0. The van der Waals surface area contributed by atoms with Gasteiger partial charge >= 0.3 is 6.03 Å². The highest BCUT2D eigenvalue weighted by atomic mass is 16.5. The van der Waals surface area contributed by atoms with Crippen LogP contribution in [0.15, 0.2) is 48.7 Å². The minimum Gasteiger partial charge on any atom is -0.484 e. The molecule has 0 unspecified atom stereocenters. The van der Waals surface area contributed by atoms with Crippen molar-refractivity contribution in [2.24, 2.45) is 0 Å². The maximum Gasteiger partial charge on any atom is 0.320 e. The van der Waals surface area contributed by atoms with E-state index < -0.39 is 6.03 Å². The summed E-state index contributed by atoms with van der Waals surface area (Å²) in [7, 11) is 1.68. The van der Waals surface area contributed by atoms with Crippen molar-refractivity contribution < 1.29 is 23.8 Å². The van der Waals surface area contributed by atoms with E-state index >= 15 is 0 Å². The zero-order valence-electron chi connectivity index (χ0n) is 31.3. The Labute approximate surface area is 305 Å². The Morgan fingerprint density at radius 3 is 2.48 bits per heavy atom. The zero-order chi connectivity index (χ0) is 36.9. The molecule has 1 aromatic carbocycles. The monoisotopic (exact) mass is 712 g/mol. The van der Waals surface area contributed by atoms with Crippen LogP contribution in [0, 0.1) is 0 Å². The van der Waals surface area contributed by atoms with Crippen LogP contribution in [-0.4, -0.2) is 87.8 Å². The van der Waals surface area contributed by atoms with Gasteiger partial charge in [0.05, 0.1) is 37.8 Å². The predicted octanol–water partition coefficient (Wildman–Crippen LogP) is 6.20. The summed E-state index contributed by atoms with van der Waals surface area (Å²) in [4.78, 5) is 38.2. The van der Waals surface area contributed by atoms with Crippen molar-refractivity contribution in [2.75, 3.05) is 51.9 Å². The highest BCUT2D eigenvalue weighted by Crippen LogP contribution is 2.39. The van der Waals surface area contributed by atoms with Crippen molar-refractivity contribution in [3.8, 4) is 5.75 Å². The first-order valence-corrected chi connectivity index (χ1v) is 18.3. The Morgan fingerprint density at radius 2 is 1.73 bits per heavy atom. The number of fused-ring (bicyclic) bond motifs is 2. The number of benzene rings is 1. The van der Waals surface area contributed by atoms with Gasteiger partial charge in [-0.3, -0.25) is 19.4 Å². The number of methoxy groups -OCH3 is 1. The van der Waals surface area contributed by atoms with Gasteiger partial charge in [-0.1, -0.05) is 58.9 Å². The average molecular weight is 713 g/mol. The van der Waals surface area contributed by atoms with E-state index in [9.17, 15) is 9.59 Å². The van der Waals surface area contributed by atoms with E-state index in [0.29, 0.717) is 43.1 Å². The number of morpholine rings is 1. The molecule has 1 aliphatic heterocycles. The van der Waals surface area contributed by atoms with Crippen molar-refractivity contribution in [2.45, 2.75) is 89.7 Å². The first kappa shape index (κ1) is 37.3. The Bertz CT molecular complexity index is 1860. The fourth-order valence-corrected chi connectivity index (χ4v) is 6.90. The van der Waals surface area contributed by atoms with Crippen LogP contribution >= 0.6 is 0 Å².